The highest BCUT2D eigenvalue weighted by Gasteiger charge is 2.15. The Labute approximate surface area is 105 Å². The van der Waals surface area contributed by atoms with Crippen LogP contribution in [0, 0.1) is 5.92 Å². The molecule has 0 aromatic carbocycles. The number of aliphatic hydroxyl groups excluding tert-OH is 2. The van der Waals surface area contributed by atoms with Gasteiger partial charge in [-0.15, -0.1) is 0 Å². The van der Waals surface area contributed by atoms with Gasteiger partial charge in [-0.1, -0.05) is 13.8 Å². The molecule has 3 N–H and O–H groups in total. The van der Waals surface area contributed by atoms with Gasteiger partial charge in [0.05, 0.1) is 24.9 Å². The second kappa shape index (κ2) is 8.03. The maximum Gasteiger partial charge on any atom is 0.0898 e. The fourth-order valence-corrected chi connectivity index (χ4v) is 1.50. The molecule has 0 saturated carbocycles. The minimum Gasteiger partial charge on any atom is -0.395 e. The number of nitrogens with one attached hydrogen (secondary N) is 1. The predicted molar refractivity (Wildman–Crippen MR) is 70.0 cm³/mol. The first-order valence-electron chi connectivity index (χ1n) is 6.41. The van der Waals surface area contributed by atoms with Crippen molar-refractivity contribution < 1.29 is 14.9 Å². The summed E-state index contributed by atoms with van der Waals surface area (Å²) < 4.78 is 5.49. The zero-order chi connectivity index (χ0) is 13.5. The molecule has 0 rings (SSSR count). The monoisotopic (exact) mass is 247 g/mol. The molecule has 0 heterocycles. The zero-order valence-electron chi connectivity index (χ0n) is 11.9. The third-order valence-electron chi connectivity index (χ3n) is 2.33. The molecule has 0 fully saturated rings. The lowest BCUT2D eigenvalue weighted by molar-refractivity contribution is -0.0487. The van der Waals surface area contributed by atoms with E-state index in [9.17, 15) is 10.2 Å². The van der Waals surface area contributed by atoms with Crippen LogP contribution in [0.15, 0.2) is 0 Å². The highest BCUT2D eigenvalue weighted by molar-refractivity contribution is 4.71. The Morgan fingerprint density at radius 2 is 1.82 bits per heavy atom. The van der Waals surface area contributed by atoms with Crippen LogP contribution in [0.3, 0.4) is 0 Å². The van der Waals surface area contributed by atoms with E-state index in [1.165, 1.54) is 0 Å². The second-order valence-electron chi connectivity index (χ2n) is 5.99. The molecule has 0 aliphatic rings. The molecule has 0 aromatic rings. The topological polar surface area (TPSA) is 61.7 Å². The van der Waals surface area contributed by atoms with Crippen molar-refractivity contribution >= 4 is 0 Å². The van der Waals surface area contributed by atoms with Crippen molar-refractivity contribution in [1.82, 2.24) is 5.32 Å². The van der Waals surface area contributed by atoms with Crippen LogP contribution in [-0.4, -0.2) is 47.7 Å². The molecule has 0 radical (unpaired) electrons. The van der Waals surface area contributed by atoms with Gasteiger partial charge in [-0.05, 0) is 33.1 Å². The Morgan fingerprint density at radius 3 is 2.24 bits per heavy atom. The summed E-state index contributed by atoms with van der Waals surface area (Å²) in [6, 6.07) is 0.0549. The van der Waals surface area contributed by atoms with E-state index in [2.05, 4.69) is 19.2 Å². The first-order valence-corrected chi connectivity index (χ1v) is 6.41. The maximum absolute atomic E-state index is 9.72. The van der Waals surface area contributed by atoms with E-state index in [0.29, 0.717) is 19.1 Å². The van der Waals surface area contributed by atoms with Gasteiger partial charge < -0.3 is 20.3 Å². The van der Waals surface area contributed by atoms with E-state index < -0.39 is 6.10 Å². The average molecular weight is 247 g/mol. The van der Waals surface area contributed by atoms with Gasteiger partial charge in [0.1, 0.15) is 0 Å². The predicted octanol–water partition coefficient (Wildman–Crippen LogP) is 1.16. The van der Waals surface area contributed by atoms with Crippen molar-refractivity contribution in [2.45, 2.75) is 58.8 Å². The van der Waals surface area contributed by atoms with Gasteiger partial charge in [0.25, 0.3) is 0 Å². The molecule has 2 unspecified atom stereocenters. The molecule has 0 bridgehead atoms. The molecule has 0 aliphatic heterocycles. The third-order valence-corrected chi connectivity index (χ3v) is 2.33. The molecule has 4 nitrogen and oxygen atoms in total. The highest BCUT2D eigenvalue weighted by Crippen LogP contribution is 2.07. The molecule has 0 aromatic heterocycles. The molecule has 0 amide bonds. The minimum absolute atomic E-state index is 0.0549. The molecule has 4 heteroatoms. The summed E-state index contributed by atoms with van der Waals surface area (Å²) in [6.07, 6.45) is 0.374. The number of ether oxygens (including phenoxy) is 1. The largest absolute Gasteiger partial charge is 0.395 e. The van der Waals surface area contributed by atoms with Gasteiger partial charge in [0.2, 0.25) is 0 Å². The summed E-state index contributed by atoms with van der Waals surface area (Å²) in [4.78, 5) is 0. The van der Waals surface area contributed by atoms with E-state index in [1.807, 2.05) is 20.8 Å². The Kier molecular flexibility index (Phi) is 7.96. The first kappa shape index (κ1) is 16.8. The Balaban J connectivity index is 3.77. The zero-order valence-corrected chi connectivity index (χ0v) is 11.9. The van der Waals surface area contributed by atoms with Crippen molar-refractivity contribution in [2.75, 3.05) is 19.8 Å². The first-order chi connectivity index (χ1) is 7.74. The normalized spacial score (nSPS) is 16.2. The van der Waals surface area contributed by atoms with Crippen molar-refractivity contribution in [3.8, 4) is 0 Å². The van der Waals surface area contributed by atoms with Crippen LogP contribution in [0.2, 0.25) is 0 Å². The van der Waals surface area contributed by atoms with Gasteiger partial charge in [0.15, 0.2) is 0 Å². The summed E-state index contributed by atoms with van der Waals surface area (Å²) in [5, 5.41) is 22.1. The van der Waals surface area contributed by atoms with Crippen LogP contribution in [0.5, 0.6) is 0 Å². The molecule has 2 atom stereocenters. The van der Waals surface area contributed by atoms with Gasteiger partial charge in [0, 0.05) is 12.6 Å². The summed E-state index contributed by atoms with van der Waals surface area (Å²) in [6.45, 7) is 11.0. The van der Waals surface area contributed by atoms with Crippen LogP contribution in [0.1, 0.15) is 41.0 Å². The van der Waals surface area contributed by atoms with E-state index in [4.69, 9.17) is 4.74 Å². The lowest BCUT2D eigenvalue weighted by Crippen LogP contribution is -2.41. The summed E-state index contributed by atoms with van der Waals surface area (Å²) in [5.41, 5.74) is -0.227. The Bertz CT molecular complexity index is 190. The lowest BCUT2D eigenvalue weighted by Gasteiger charge is -2.24. The van der Waals surface area contributed by atoms with Crippen molar-refractivity contribution in [2.24, 2.45) is 5.92 Å². The molecule has 104 valence electrons. The molecule has 0 aliphatic carbocycles. The highest BCUT2D eigenvalue weighted by atomic mass is 16.5. The third kappa shape index (κ3) is 10.7. The fourth-order valence-electron chi connectivity index (χ4n) is 1.50. The maximum atomic E-state index is 9.72. The van der Waals surface area contributed by atoms with Crippen LogP contribution >= 0.6 is 0 Å². The van der Waals surface area contributed by atoms with E-state index in [0.717, 1.165) is 6.42 Å². The molecular weight excluding hydrogens is 218 g/mol. The lowest BCUT2D eigenvalue weighted by atomic mass is 10.0. The van der Waals surface area contributed by atoms with Gasteiger partial charge in [-0.3, -0.25) is 0 Å². The fraction of sp³-hybridized carbons (Fsp3) is 1.00. The van der Waals surface area contributed by atoms with E-state index in [1.54, 1.807) is 0 Å². The van der Waals surface area contributed by atoms with Gasteiger partial charge in [-0.2, -0.15) is 0 Å². The molecular formula is C13H29NO3. The van der Waals surface area contributed by atoms with Gasteiger partial charge in [-0.25, -0.2) is 0 Å². The van der Waals surface area contributed by atoms with Crippen LogP contribution in [0.25, 0.3) is 0 Å². The number of rotatable bonds is 8. The van der Waals surface area contributed by atoms with Gasteiger partial charge >= 0.3 is 0 Å². The average Bonchev–Trinajstić information content (AvgIpc) is 2.19. The van der Waals surface area contributed by atoms with Crippen LogP contribution in [-0.2, 0) is 4.74 Å². The molecule has 17 heavy (non-hydrogen) atoms. The Hall–Kier alpha value is -0.160. The van der Waals surface area contributed by atoms with Crippen LogP contribution < -0.4 is 5.32 Å². The number of hydrogen-bond acceptors (Lipinski definition) is 4. The van der Waals surface area contributed by atoms with Crippen molar-refractivity contribution in [1.29, 1.82) is 0 Å². The second-order valence-corrected chi connectivity index (χ2v) is 5.99. The van der Waals surface area contributed by atoms with E-state index in [-0.39, 0.29) is 18.2 Å². The van der Waals surface area contributed by atoms with Crippen molar-refractivity contribution in [3.63, 3.8) is 0 Å². The minimum atomic E-state index is -0.532. The standard InChI is InChI=1S/C13H29NO3/c1-10(2)6-11(8-15)14-7-12(16)9-17-13(3,4)5/h10-12,14-16H,6-9H2,1-5H3. The summed E-state index contributed by atoms with van der Waals surface area (Å²) >= 11 is 0. The molecule has 0 saturated heterocycles. The smallest absolute Gasteiger partial charge is 0.0898 e. The van der Waals surface area contributed by atoms with E-state index >= 15 is 0 Å². The van der Waals surface area contributed by atoms with Crippen molar-refractivity contribution in [3.05, 3.63) is 0 Å². The summed E-state index contributed by atoms with van der Waals surface area (Å²) in [7, 11) is 0. The SMILES string of the molecule is CC(C)CC(CO)NCC(O)COC(C)(C)C. The number of aliphatic hydroxyl groups is 2. The Morgan fingerprint density at radius 1 is 1.24 bits per heavy atom. The quantitative estimate of drug-likeness (QED) is 0.602. The molecule has 0 spiro atoms. The summed E-state index contributed by atoms with van der Waals surface area (Å²) in [5.74, 6) is 0.530. The number of hydrogen-bond donors (Lipinski definition) is 3. The van der Waals surface area contributed by atoms with Crippen LogP contribution in [0.4, 0.5) is 0 Å².